The third-order valence-corrected chi connectivity index (χ3v) is 0. The van der Waals surface area contributed by atoms with E-state index in [0.717, 1.165) is 0 Å². The molecule has 0 aromatic rings. The maximum absolute atomic E-state index is 8.25. The van der Waals surface area contributed by atoms with Gasteiger partial charge in [0, 0.05) is 0 Å². The fraction of sp³-hybridized carbons (Fsp3) is 0. The molecule has 0 aliphatic heterocycles. The number of nitrogens with zero attached hydrogens (tertiary/aromatic N) is 1. The van der Waals surface area contributed by atoms with E-state index in [9.17, 15) is 0 Å². The van der Waals surface area contributed by atoms with Crippen molar-refractivity contribution < 1.29 is 5.09 Å². The van der Waals surface area contributed by atoms with Crippen molar-refractivity contribution in [2.75, 3.05) is 0 Å². The van der Waals surface area contributed by atoms with Crippen molar-refractivity contribution in [2.24, 2.45) is 0 Å². The molecule has 0 fully saturated rings. The first-order chi connectivity index (χ1) is 1.73. The number of hydrogen-bond donors (Lipinski definition) is 0. The Labute approximate surface area is 57.8 Å². The first-order valence-corrected chi connectivity index (χ1v) is 0.548. The molecule has 0 saturated carbocycles. The van der Waals surface area contributed by atoms with Gasteiger partial charge in [0.05, 0.1) is 5.09 Å². The van der Waals surface area contributed by atoms with Crippen LogP contribution >= 0.6 is 0 Å². The van der Waals surface area contributed by atoms with E-state index in [0.29, 0.717) is 0 Å². The van der Waals surface area contributed by atoms with Crippen molar-refractivity contribution in [1.29, 1.82) is 0 Å². The zero-order valence-electron chi connectivity index (χ0n) is 1.67. The van der Waals surface area contributed by atoms with Gasteiger partial charge in [-0.15, -0.1) is 0 Å². The summed E-state index contributed by atoms with van der Waals surface area (Å²) in [5.41, 5.74) is 0. The van der Waals surface area contributed by atoms with Crippen molar-refractivity contribution >= 4 is 37.2 Å². The summed E-state index contributed by atoms with van der Waals surface area (Å²) in [6, 6.07) is 0. The van der Waals surface area contributed by atoms with E-state index in [1.165, 1.54) is 0 Å². The predicted molar refractivity (Wildman–Crippen MR) is 30.2 cm³/mol. The molecule has 0 aliphatic rings. The van der Waals surface area contributed by atoms with Crippen LogP contribution in [0.5, 0.6) is 0 Å². The molecule has 0 spiro atoms. The molecular weight excluding hydrogens is 159 g/mol. The van der Waals surface area contributed by atoms with Crippen LogP contribution < -0.4 is 0 Å². The normalized spacial score (nSPS) is 4.00. The average molecular weight is 165 g/mol. The van der Waals surface area contributed by atoms with Gasteiger partial charge in [-0.3, -0.25) is 0 Å². The van der Waals surface area contributed by atoms with Gasteiger partial charge in [0.2, 0.25) is 0 Å². The maximum atomic E-state index is 8.25. The summed E-state index contributed by atoms with van der Waals surface area (Å²) in [5, 5.41) is 14.8. The van der Waals surface area contributed by atoms with Gasteiger partial charge >= 0.3 is 19.8 Å². The Bertz CT molecular complexity index is 33.8. The van der Waals surface area contributed by atoms with Gasteiger partial charge in [-0.2, -0.15) is 0 Å². The zero-order valence-corrected chi connectivity index (χ0v) is 1.67. The van der Waals surface area contributed by atoms with Gasteiger partial charge in [0.15, 0.2) is 17.4 Å². The van der Waals surface area contributed by atoms with Crippen LogP contribution in [0.3, 0.4) is 0 Å². The Morgan fingerprint density at radius 3 is 1.33 bits per heavy atom. The summed E-state index contributed by atoms with van der Waals surface area (Å²) >= 11 is 0. The molecule has 0 N–H and O–H groups in total. The Morgan fingerprint density at radius 2 is 1.33 bits per heavy atom. The average Bonchev–Trinajstić information content (AvgIpc) is 0.811. The minimum absolute atomic E-state index is 0. The molecule has 0 radical (unpaired) electrons. The van der Waals surface area contributed by atoms with Gasteiger partial charge in [-0.05, 0) is 0 Å². The number of rotatable bonds is 0. The second kappa shape index (κ2) is 9.03. The van der Waals surface area contributed by atoms with E-state index in [4.69, 9.17) is 15.3 Å². The van der Waals surface area contributed by atoms with Crippen molar-refractivity contribution in [3.8, 4) is 0 Å². The van der Waals surface area contributed by atoms with Crippen LogP contribution in [0, 0.1) is 15.3 Å². The second-order valence-electron chi connectivity index (χ2n) is 0.224. The van der Waals surface area contributed by atoms with E-state index in [1.807, 2.05) is 0 Å². The van der Waals surface area contributed by atoms with Crippen LogP contribution in [-0.4, -0.2) is 42.2 Å². The van der Waals surface area contributed by atoms with Crippen LogP contribution in [-0.2, 0) is 0 Å². The molecule has 0 bridgehead atoms. The van der Waals surface area contributed by atoms with Gasteiger partial charge in [0.25, 0.3) is 0 Å². The van der Waals surface area contributed by atoms with Crippen LogP contribution in [0.1, 0.15) is 0 Å². The molecule has 0 heterocycles. The molecule has 0 amide bonds. The van der Waals surface area contributed by atoms with E-state index in [1.54, 1.807) is 0 Å². The molecule has 0 saturated heterocycles. The third kappa shape index (κ3) is 364. The molecule has 0 aliphatic carbocycles. The van der Waals surface area contributed by atoms with Crippen molar-refractivity contribution in [3.05, 3.63) is 15.3 Å². The first-order valence-electron chi connectivity index (χ1n) is 0.548. The molecule has 0 atom stereocenters. The second-order valence-corrected chi connectivity index (χ2v) is 0.224. The summed E-state index contributed by atoms with van der Waals surface area (Å²) in [4.78, 5) is 8.25. The Balaban J connectivity index is -0.0000000450. The van der Waals surface area contributed by atoms with E-state index < -0.39 is 5.09 Å². The Kier molecular flexibility index (Phi) is 24.3. The summed E-state index contributed by atoms with van der Waals surface area (Å²) in [7, 11) is 0. The quantitative estimate of drug-likeness (QED) is 0.224. The molecule has 36 valence electrons. The van der Waals surface area contributed by atoms with Crippen LogP contribution in [0.2, 0.25) is 0 Å². The fourth-order valence-corrected chi connectivity index (χ4v) is 0. The minimum atomic E-state index is -1.75. The van der Waals surface area contributed by atoms with Gasteiger partial charge in [-0.25, -0.2) is 0 Å². The van der Waals surface area contributed by atoms with E-state index >= 15 is 0 Å². The standard InChI is InChI=1S/Al.Ga.NO3.6H/c;;2-1(3)4;;;;;;/q;;-1;;;;;;. The van der Waals surface area contributed by atoms with Crippen molar-refractivity contribution in [3.63, 3.8) is 0 Å². The van der Waals surface area contributed by atoms with Gasteiger partial charge < -0.3 is 15.3 Å². The van der Waals surface area contributed by atoms with Gasteiger partial charge in [0.1, 0.15) is 0 Å². The van der Waals surface area contributed by atoms with Gasteiger partial charge in [-0.1, -0.05) is 0 Å². The zero-order chi connectivity index (χ0) is 3.58. The molecule has 0 rings (SSSR count). The third-order valence-electron chi connectivity index (χ3n) is 0. The Morgan fingerprint density at radius 1 is 1.33 bits per heavy atom. The fourth-order valence-electron chi connectivity index (χ4n) is 0. The van der Waals surface area contributed by atoms with E-state index in [-0.39, 0.29) is 37.2 Å². The summed E-state index contributed by atoms with van der Waals surface area (Å²) in [6.07, 6.45) is 0. The first kappa shape index (κ1) is 16.2. The summed E-state index contributed by atoms with van der Waals surface area (Å²) in [5.74, 6) is 0. The molecule has 0 aromatic heterocycles. The Hall–Kier alpha value is 0.369. The van der Waals surface area contributed by atoms with Crippen LogP contribution in [0.15, 0.2) is 0 Å². The molecule has 0 unspecified atom stereocenters. The molecule has 0 aromatic carbocycles. The van der Waals surface area contributed by atoms with Crippen molar-refractivity contribution in [2.45, 2.75) is 0 Å². The topological polar surface area (TPSA) is 66.2 Å². The SMILES string of the molecule is O=[N+]([O-])[O-].[AlH3].[GaH3]. The predicted octanol–water partition coefficient (Wildman–Crippen LogP) is -2.61. The van der Waals surface area contributed by atoms with Crippen LogP contribution in [0.25, 0.3) is 0 Å². The number of hydrogen-bond acceptors (Lipinski definition) is 3. The summed E-state index contributed by atoms with van der Waals surface area (Å²) in [6.45, 7) is 0. The molecule has 6 heteroatoms. The molecular formula is H6AlGaNO3-. The van der Waals surface area contributed by atoms with Crippen molar-refractivity contribution in [1.82, 2.24) is 0 Å². The molecule has 4 nitrogen and oxygen atoms in total. The summed E-state index contributed by atoms with van der Waals surface area (Å²) < 4.78 is 0. The van der Waals surface area contributed by atoms with Crippen LogP contribution in [0.4, 0.5) is 0 Å². The molecule has 6 heavy (non-hydrogen) atoms. The monoisotopic (exact) mass is 164 g/mol. The van der Waals surface area contributed by atoms with E-state index in [2.05, 4.69) is 0 Å².